The lowest BCUT2D eigenvalue weighted by atomic mass is 9.96. The van der Waals surface area contributed by atoms with Gasteiger partial charge in [-0.1, -0.05) is 18.6 Å². The van der Waals surface area contributed by atoms with Gasteiger partial charge in [0.15, 0.2) is 5.96 Å². The van der Waals surface area contributed by atoms with Crippen LogP contribution in [-0.2, 0) is 4.74 Å². The van der Waals surface area contributed by atoms with Crippen LogP contribution in [0, 0.1) is 5.92 Å². The molecular weight excluding hydrogens is 376 g/mol. The van der Waals surface area contributed by atoms with Crippen LogP contribution in [0.3, 0.4) is 0 Å². The quantitative estimate of drug-likeness (QED) is 0.519. The van der Waals surface area contributed by atoms with Crippen LogP contribution in [0.1, 0.15) is 50.1 Å². The highest BCUT2D eigenvalue weighted by molar-refractivity contribution is 5.79. The third kappa shape index (κ3) is 6.61. The Kier molecular flexibility index (Phi) is 9.27. The highest BCUT2D eigenvalue weighted by Crippen LogP contribution is 2.26. The summed E-state index contributed by atoms with van der Waals surface area (Å²) in [5, 5.41) is 3.66. The van der Waals surface area contributed by atoms with Crippen molar-refractivity contribution in [2.75, 3.05) is 60.6 Å². The van der Waals surface area contributed by atoms with Crippen molar-refractivity contribution in [1.29, 1.82) is 0 Å². The lowest BCUT2D eigenvalue weighted by Gasteiger charge is -2.36. The fourth-order valence-corrected chi connectivity index (χ4v) is 4.60. The highest BCUT2D eigenvalue weighted by Gasteiger charge is 2.23. The van der Waals surface area contributed by atoms with E-state index >= 15 is 0 Å². The molecule has 0 radical (unpaired) electrons. The van der Waals surface area contributed by atoms with E-state index in [0.717, 1.165) is 57.0 Å². The molecule has 30 heavy (non-hydrogen) atoms. The average molecular weight is 417 g/mol. The van der Waals surface area contributed by atoms with E-state index in [4.69, 9.17) is 9.47 Å². The van der Waals surface area contributed by atoms with Gasteiger partial charge < -0.3 is 19.7 Å². The molecule has 6 heteroatoms. The van der Waals surface area contributed by atoms with Gasteiger partial charge in [0.25, 0.3) is 0 Å². The molecule has 2 fully saturated rings. The molecule has 1 atom stereocenters. The largest absolute Gasteiger partial charge is 0.497 e. The van der Waals surface area contributed by atoms with Gasteiger partial charge in [-0.05, 0) is 68.8 Å². The number of nitrogens with one attached hydrogen (secondary N) is 1. The molecule has 0 bridgehead atoms. The summed E-state index contributed by atoms with van der Waals surface area (Å²) in [5.41, 5.74) is 1.34. The van der Waals surface area contributed by atoms with Crippen molar-refractivity contribution in [3.05, 3.63) is 29.8 Å². The molecule has 0 aliphatic carbocycles. The topological polar surface area (TPSA) is 49.3 Å². The van der Waals surface area contributed by atoms with Crippen LogP contribution in [0.4, 0.5) is 0 Å². The van der Waals surface area contributed by atoms with Gasteiger partial charge in [-0.25, -0.2) is 0 Å². The number of aliphatic imine (C=N–C) groups is 1. The second kappa shape index (κ2) is 12.2. The summed E-state index contributed by atoms with van der Waals surface area (Å²) in [5.74, 6) is 2.67. The molecule has 1 aromatic rings. The van der Waals surface area contributed by atoms with Crippen LogP contribution in [0.15, 0.2) is 29.3 Å². The maximum absolute atomic E-state index is 5.49. The number of piperidine rings is 1. The van der Waals surface area contributed by atoms with E-state index in [9.17, 15) is 0 Å². The summed E-state index contributed by atoms with van der Waals surface area (Å²) in [6, 6.07) is 8.90. The number of likely N-dealkylation sites (tertiary alicyclic amines) is 1. The Balaban J connectivity index is 1.59. The van der Waals surface area contributed by atoms with E-state index in [0.29, 0.717) is 6.04 Å². The lowest BCUT2D eigenvalue weighted by molar-refractivity contribution is 0.0625. The van der Waals surface area contributed by atoms with Crippen LogP contribution in [-0.4, -0.2) is 76.4 Å². The Morgan fingerprint density at radius 1 is 1.20 bits per heavy atom. The summed E-state index contributed by atoms with van der Waals surface area (Å²) in [4.78, 5) is 9.45. The molecule has 2 aliphatic heterocycles. The zero-order valence-corrected chi connectivity index (χ0v) is 19.1. The van der Waals surface area contributed by atoms with Crippen LogP contribution in [0.25, 0.3) is 0 Å². The molecule has 6 nitrogen and oxygen atoms in total. The molecule has 1 aromatic carbocycles. The minimum absolute atomic E-state index is 0.344. The number of guanidine groups is 1. The van der Waals surface area contributed by atoms with Crippen molar-refractivity contribution >= 4 is 5.96 Å². The van der Waals surface area contributed by atoms with Crippen molar-refractivity contribution < 1.29 is 9.47 Å². The summed E-state index contributed by atoms with van der Waals surface area (Å²) in [6.07, 6.45) is 7.49. The minimum atomic E-state index is 0.344. The second-order valence-electron chi connectivity index (χ2n) is 8.58. The predicted molar refractivity (Wildman–Crippen MR) is 123 cm³/mol. The monoisotopic (exact) mass is 416 g/mol. The van der Waals surface area contributed by atoms with E-state index in [-0.39, 0.29) is 0 Å². The molecule has 2 saturated heterocycles. The van der Waals surface area contributed by atoms with Gasteiger partial charge in [-0.3, -0.25) is 9.89 Å². The zero-order chi connectivity index (χ0) is 21.2. The van der Waals surface area contributed by atoms with Gasteiger partial charge >= 0.3 is 0 Å². The molecule has 2 heterocycles. The molecule has 3 rings (SSSR count). The summed E-state index contributed by atoms with van der Waals surface area (Å²) in [7, 11) is 5.76. The van der Waals surface area contributed by atoms with Gasteiger partial charge in [0.1, 0.15) is 5.75 Å². The number of benzene rings is 1. The van der Waals surface area contributed by atoms with Gasteiger partial charge in [0, 0.05) is 40.4 Å². The Morgan fingerprint density at radius 3 is 2.53 bits per heavy atom. The zero-order valence-electron chi connectivity index (χ0n) is 19.1. The van der Waals surface area contributed by atoms with E-state index in [1.54, 1.807) is 7.11 Å². The first kappa shape index (κ1) is 22.9. The first-order valence-corrected chi connectivity index (χ1v) is 11.6. The van der Waals surface area contributed by atoms with Crippen molar-refractivity contribution in [2.24, 2.45) is 10.9 Å². The van der Waals surface area contributed by atoms with Crippen molar-refractivity contribution in [2.45, 2.75) is 44.6 Å². The van der Waals surface area contributed by atoms with Crippen molar-refractivity contribution in [3.8, 4) is 5.75 Å². The lowest BCUT2D eigenvalue weighted by Crippen LogP contribution is -2.45. The van der Waals surface area contributed by atoms with Gasteiger partial charge in [-0.15, -0.1) is 0 Å². The van der Waals surface area contributed by atoms with E-state index in [1.165, 1.54) is 44.1 Å². The smallest absolute Gasteiger partial charge is 0.193 e. The second-order valence-corrected chi connectivity index (χ2v) is 8.58. The third-order valence-corrected chi connectivity index (χ3v) is 6.57. The highest BCUT2D eigenvalue weighted by atomic mass is 16.5. The molecule has 0 amide bonds. The number of nitrogens with zero attached hydrogens (tertiary/aromatic N) is 3. The number of methoxy groups -OCH3 is 1. The van der Waals surface area contributed by atoms with Gasteiger partial charge in [-0.2, -0.15) is 0 Å². The normalized spacial score (nSPS) is 20.0. The Bertz CT molecular complexity index is 637. The summed E-state index contributed by atoms with van der Waals surface area (Å²) >= 11 is 0. The maximum atomic E-state index is 5.49. The van der Waals surface area contributed by atoms with Gasteiger partial charge in [0.05, 0.1) is 13.2 Å². The number of rotatable bonds is 8. The Labute approximate surface area is 182 Å². The van der Waals surface area contributed by atoms with Gasteiger partial charge in [0.2, 0.25) is 0 Å². The first-order valence-electron chi connectivity index (χ1n) is 11.6. The fraction of sp³-hybridized carbons (Fsp3) is 0.708. The number of ether oxygens (including phenoxy) is 2. The molecule has 168 valence electrons. The average Bonchev–Trinajstić information content (AvgIpc) is 2.82. The Morgan fingerprint density at radius 2 is 1.90 bits per heavy atom. The SMILES string of the molecule is CN=C(NCC(c1ccc(OC)cc1)N1CCCCC1)N(C)CCC1CCOCC1. The minimum Gasteiger partial charge on any atom is -0.497 e. The molecule has 1 unspecified atom stereocenters. The number of hydrogen-bond donors (Lipinski definition) is 1. The van der Waals surface area contributed by atoms with Crippen molar-refractivity contribution in [3.63, 3.8) is 0 Å². The first-order chi connectivity index (χ1) is 14.7. The van der Waals surface area contributed by atoms with Crippen LogP contribution in [0.2, 0.25) is 0 Å². The molecule has 0 spiro atoms. The molecule has 2 aliphatic rings. The fourth-order valence-electron chi connectivity index (χ4n) is 4.60. The molecule has 1 N–H and O–H groups in total. The summed E-state index contributed by atoms with van der Waals surface area (Å²) < 4.78 is 10.8. The molecule has 0 aromatic heterocycles. The Hall–Kier alpha value is -1.79. The number of hydrogen-bond acceptors (Lipinski definition) is 4. The third-order valence-electron chi connectivity index (χ3n) is 6.57. The maximum Gasteiger partial charge on any atom is 0.193 e. The predicted octanol–water partition coefficient (Wildman–Crippen LogP) is 3.55. The van der Waals surface area contributed by atoms with E-state index < -0.39 is 0 Å². The molecular formula is C24H40N4O2. The van der Waals surface area contributed by atoms with E-state index in [2.05, 4.69) is 51.4 Å². The molecule has 0 saturated carbocycles. The standard InChI is InChI=1S/C24H40N4O2/c1-25-24(27(2)16-11-20-12-17-30-18-13-20)26-19-23(28-14-5-4-6-15-28)21-7-9-22(29-3)10-8-21/h7-10,20,23H,4-6,11-19H2,1-3H3,(H,25,26). The van der Waals surface area contributed by atoms with Crippen LogP contribution in [0.5, 0.6) is 5.75 Å². The van der Waals surface area contributed by atoms with E-state index in [1.807, 2.05) is 7.05 Å². The summed E-state index contributed by atoms with van der Waals surface area (Å²) in [6.45, 7) is 6.05. The van der Waals surface area contributed by atoms with Crippen LogP contribution < -0.4 is 10.1 Å². The van der Waals surface area contributed by atoms with Crippen molar-refractivity contribution in [1.82, 2.24) is 15.1 Å². The van der Waals surface area contributed by atoms with Crippen LogP contribution >= 0.6 is 0 Å².